The number of hydrogen-bond donors (Lipinski definition) is 2. The van der Waals surface area contributed by atoms with Gasteiger partial charge in [0.1, 0.15) is 0 Å². The molecule has 0 spiro atoms. The number of piperazine rings is 1. The van der Waals surface area contributed by atoms with Crippen molar-refractivity contribution >= 4 is 17.5 Å². The summed E-state index contributed by atoms with van der Waals surface area (Å²) in [6.45, 7) is 14.7. The van der Waals surface area contributed by atoms with Gasteiger partial charge in [-0.2, -0.15) is 0 Å². The van der Waals surface area contributed by atoms with E-state index in [1.54, 1.807) is 0 Å². The summed E-state index contributed by atoms with van der Waals surface area (Å²) < 4.78 is 0. The minimum Gasteiger partial charge on any atom is -0.353 e. The Morgan fingerprint density at radius 2 is 1.53 bits per heavy atom. The van der Waals surface area contributed by atoms with E-state index in [4.69, 9.17) is 0 Å². The largest absolute Gasteiger partial charge is 0.353 e. The number of nitrogens with one attached hydrogen (secondary N) is 2. The minimum atomic E-state index is 0.0186. The van der Waals surface area contributed by atoms with Crippen molar-refractivity contribution in [3.8, 4) is 0 Å². The van der Waals surface area contributed by atoms with Crippen LogP contribution in [0.2, 0.25) is 0 Å². The molecule has 1 aromatic rings. The van der Waals surface area contributed by atoms with Crippen molar-refractivity contribution in [3.63, 3.8) is 0 Å². The van der Waals surface area contributed by atoms with Crippen LogP contribution in [0.3, 0.4) is 0 Å². The van der Waals surface area contributed by atoms with Gasteiger partial charge in [-0.05, 0) is 50.3 Å². The van der Waals surface area contributed by atoms with E-state index >= 15 is 0 Å². The van der Waals surface area contributed by atoms with Crippen LogP contribution < -0.4 is 10.6 Å². The van der Waals surface area contributed by atoms with Crippen molar-refractivity contribution < 1.29 is 9.59 Å². The summed E-state index contributed by atoms with van der Waals surface area (Å²) in [5, 5.41) is 6.15. The summed E-state index contributed by atoms with van der Waals surface area (Å²) in [6, 6.07) is 6.19. The summed E-state index contributed by atoms with van der Waals surface area (Å²) >= 11 is 0. The quantitative estimate of drug-likeness (QED) is 0.615. The molecule has 1 atom stereocenters. The highest BCUT2D eigenvalue weighted by atomic mass is 16.2. The van der Waals surface area contributed by atoms with E-state index in [9.17, 15) is 9.59 Å². The molecule has 6 heteroatoms. The molecule has 0 unspecified atom stereocenters. The smallest absolute Gasteiger partial charge is 0.238 e. The number of amides is 2. The Hall–Kier alpha value is -1.92. The van der Waals surface area contributed by atoms with Gasteiger partial charge in [-0.15, -0.1) is 0 Å². The zero-order chi connectivity index (χ0) is 22.1. The second-order valence-corrected chi connectivity index (χ2v) is 9.14. The summed E-state index contributed by atoms with van der Waals surface area (Å²) in [6.07, 6.45) is 3.40. The van der Waals surface area contributed by atoms with E-state index in [-0.39, 0.29) is 17.9 Å². The first-order valence-electron chi connectivity index (χ1n) is 11.3. The number of benzene rings is 1. The molecule has 0 radical (unpaired) electrons. The maximum atomic E-state index is 12.4. The van der Waals surface area contributed by atoms with Gasteiger partial charge in [-0.25, -0.2) is 0 Å². The Labute approximate surface area is 182 Å². The van der Waals surface area contributed by atoms with Gasteiger partial charge in [0.15, 0.2) is 0 Å². The monoisotopic (exact) mass is 416 g/mol. The third-order valence-electron chi connectivity index (χ3n) is 5.90. The Morgan fingerprint density at radius 1 is 0.933 bits per heavy atom. The van der Waals surface area contributed by atoms with Crippen LogP contribution in [0.5, 0.6) is 0 Å². The molecule has 0 aromatic heterocycles. The molecule has 0 bridgehead atoms. The number of carbonyl (C=O) groups excluding carboxylic acids is 2. The van der Waals surface area contributed by atoms with Crippen LogP contribution in [0.4, 0.5) is 5.69 Å². The van der Waals surface area contributed by atoms with E-state index in [1.165, 1.54) is 12.0 Å². The van der Waals surface area contributed by atoms with Gasteiger partial charge >= 0.3 is 0 Å². The topological polar surface area (TPSA) is 64.7 Å². The zero-order valence-electron chi connectivity index (χ0n) is 19.5. The molecule has 1 saturated heterocycles. The molecule has 30 heavy (non-hydrogen) atoms. The van der Waals surface area contributed by atoms with Crippen LogP contribution in [0.15, 0.2) is 18.2 Å². The molecule has 1 heterocycles. The van der Waals surface area contributed by atoms with E-state index in [0.717, 1.165) is 50.3 Å². The Kier molecular flexibility index (Phi) is 9.79. The molecular formula is C24H40N4O2. The summed E-state index contributed by atoms with van der Waals surface area (Å²) in [5.74, 6) is 0.838. The highest BCUT2D eigenvalue weighted by Gasteiger charge is 2.21. The highest BCUT2D eigenvalue weighted by molar-refractivity contribution is 5.93. The Balaban J connectivity index is 1.66. The lowest BCUT2D eigenvalue weighted by Gasteiger charge is -2.34. The lowest BCUT2D eigenvalue weighted by atomic mass is 10.0. The van der Waals surface area contributed by atoms with Crippen molar-refractivity contribution in [1.29, 1.82) is 0 Å². The number of carbonyl (C=O) groups is 2. The lowest BCUT2D eigenvalue weighted by Crippen LogP contribution is -2.51. The van der Waals surface area contributed by atoms with E-state index in [2.05, 4.69) is 41.2 Å². The van der Waals surface area contributed by atoms with Crippen molar-refractivity contribution in [2.45, 2.75) is 59.9 Å². The van der Waals surface area contributed by atoms with Crippen LogP contribution >= 0.6 is 0 Å². The molecule has 6 nitrogen and oxygen atoms in total. The fraction of sp³-hybridized carbons (Fsp3) is 0.667. The third-order valence-corrected chi connectivity index (χ3v) is 5.90. The number of anilines is 1. The first kappa shape index (κ1) is 24.4. The first-order valence-corrected chi connectivity index (χ1v) is 11.3. The van der Waals surface area contributed by atoms with Crippen LogP contribution in [-0.4, -0.2) is 66.9 Å². The maximum absolute atomic E-state index is 12.4. The molecule has 1 aliphatic heterocycles. The van der Waals surface area contributed by atoms with Gasteiger partial charge in [0.2, 0.25) is 11.8 Å². The Bertz CT molecular complexity index is 696. The van der Waals surface area contributed by atoms with Gasteiger partial charge in [0.25, 0.3) is 0 Å². The van der Waals surface area contributed by atoms with Crippen molar-refractivity contribution in [2.24, 2.45) is 5.92 Å². The molecule has 1 aliphatic rings. The van der Waals surface area contributed by atoms with Gasteiger partial charge in [0.05, 0.1) is 13.1 Å². The summed E-state index contributed by atoms with van der Waals surface area (Å²) in [5.41, 5.74) is 3.17. The second-order valence-electron chi connectivity index (χ2n) is 9.14. The van der Waals surface area contributed by atoms with Crippen LogP contribution in [0.1, 0.15) is 51.2 Å². The maximum Gasteiger partial charge on any atom is 0.238 e. The molecular weight excluding hydrogens is 376 g/mol. The van der Waals surface area contributed by atoms with Gasteiger partial charge in [0, 0.05) is 37.9 Å². The fourth-order valence-electron chi connectivity index (χ4n) is 3.81. The molecule has 1 fully saturated rings. The van der Waals surface area contributed by atoms with Gasteiger partial charge in [-0.3, -0.25) is 19.4 Å². The standard InChI is InChI=1S/C24H40N4O2/c1-18(2)8-6-10-20(4)25-23(29)16-27-12-14-28(15-13-27)17-24(30)26-22-11-7-9-19(3)21(22)5/h7,9,11,18,20H,6,8,10,12-17H2,1-5H3,(H,25,29)(H,26,30)/t20-/m1/s1. The van der Waals surface area contributed by atoms with Crippen LogP contribution in [0.25, 0.3) is 0 Å². The molecule has 2 N–H and O–H groups in total. The Morgan fingerprint density at radius 3 is 2.13 bits per heavy atom. The third kappa shape index (κ3) is 8.44. The van der Waals surface area contributed by atoms with Crippen molar-refractivity contribution in [2.75, 3.05) is 44.6 Å². The second kappa shape index (κ2) is 12.1. The molecule has 1 aromatic carbocycles. The SMILES string of the molecule is Cc1cccc(NC(=O)CN2CCN(CC(=O)N[C@H](C)CCCC(C)C)CC2)c1C. The highest BCUT2D eigenvalue weighted by Crippen LogP contribution is 2.18. The molecule has 2 rings (SSSR count). The fourth-order valence-corrected chi connectivity index (χ4v) is 3.81. The molecule has 0 aliphatic carbocycles. The zero-order valence-corrected chi connectivity index (χ0v) is 19.5. The lowest BCUT2D eigenvalue weighted by molar-refractivity contribution is -0.124. The number of hydrogen-bond acceptors (Lipinski definition) is 4. The summed E-state index contributed by atoms with van der Waals surface area (Å²) in [4.78, 5) is 29.1. The normalized spacial score (nSPS) is 16.5. The van der Waals surface area contributed by atoms with Crippen molar-refractivity contribution in [3.05, 3.63) is 29.3 Å². The average Bonchev–Trinajstić information content (AvgIpc) is 2.66. The van der Waals surface area contributed by atoms with Gasteiger partial charge < -0.3 is 10.6 Å². The number of rotatable bonds is 10. The number of aryl methyl sites for hydroxylation is 1. The average molecular weight is 417 g/mol. The molecule has 168 valence electrons. The van der Waals surface area contributed by atoms with E-state index in [0.29, 0.717) is 19.0 Å². The molecule has 0 saturated carbocycles. The predicted molar refractivity (Wildman–Crippen MR) is 124 cm³/mol. The van der Waals surface area contributed by atoms with Crippen LogP contribution in [0, 0.1) is 19.8 Å². The van der Waals surface area contributed by atoms with Crippen LogP contribution in [-0.2, 0) is 9.59 Å². The minimum absolute atomic E-state index is 0.0186. The van der Waals surface area contributed by atoms with E-state index in [1.807, 2.05) is 32.0 Å². The first-order chi connectivity index (χ1) is 14.2. The predicted octanol–water partition coefficient (Wildman–Crippen LogP) is 3.19. The summed E-state index contributed by atoms with van der Waals surface area (Å²) in [7, 11) is 0. The number of nitrogens with zero attached hydrogens (tertiary/aromatic N) is 2. The van der Waals surface area contributed by atoms with E-state index < -0.39 is 0 Å². The van der Waals surface area contributed by atoms with Gasteiger partial charge in [-0.1, -0.05) is 38.8 Å². The van der Waals surface area contributed by atoms with Crippen molar-refractivity contribution in [1.82, 2.24) is 15.1 Å². The molecule has 2 amide bonds.